The maximum atomic E-state index is 15.2. The molecule has 2 atom stereocenters. The number of aryl methyl sites for hydroxylation is 2. The van der Waals surface area contributed by atoms with Gasteiger partial charge in [0.2, 0.25) is 5.91 Å². The van der Waals surface area contributed by atoms with Crippen molar-refractivity contribution in [3.05, 3.63) is 92.9 Å². The average Bonchev–Trinajstić information content (AvgIpc) is 2.89. The Kier molecular flexibility index (Phi) is 10.2. The van der Waals surface area contributed by atoms with Crippen LogP contribution in [0.15, 0.2) is 53.5 Å². The Morgan fingerprint density at radius 2 is 1.66 bits per heavy atom. The minimum Gasteiger partial charge on any atom is -0.481 e. The molecule has 8 nitrogen and oxygen atoms in total. The molecule has 0 unspecified atom stereocenters. The molecule has 0 fully saturated rings. The molecule has 1 heterocycles. The second kappa shape index (κ2) is 13.3. The molecule has 0 aliphatic rings. The standard InChI is InChI=1S/C31H35F2N3O5/c1-6-9-24(34-29(39)21-12-8-13-36(17(2)3)31(21)41)30(40)35-25(16-26(37)38)22-14-20(15-23(32)28(22)33)27-18(4)10-7-11-19(27)5/h7-8,10-15,17,24-25H,6,9,16H2,1-5H3,(H,34,39)(H,35,40)(H,37,38)/t24-,25-/m0/s1. The molecule has 218 valence electrons. The van der Waals surface area contributed by atoms with Crippen LogP contribution in [0.3, 0.4) is 0 Å². The zero-order chi connectivity index (χ0) is 30.4. The fourth-order valence-corrected chi connectivity index (χ4v) is 4.85. The quantitative estimate of drug-likeness (QED) is 0.294. The fourth-order valence-electron chi connectivity index (χ4n) is 4.85. The van der Waals surface area contributed by atoms with Crippen LogP contribution in [-0.4, -0.2) is 33.5 Å². The molecule has 0 radical (unpaired) electrons. The molecular weight excluding hydrogens is 532 g/mol. The molecule has 3 N–H and O–H groups in total. The number of nitrogens with zero attached hydrogens (tertiary/aromatic N) is 1. The highest BCUT2D eigenvalue weighted by atomic mass is 19.2. The first kappa shape index (κ1) is 31.2. The lowest BCUT2D eigenvalue weighted by Crippen LogP contribution is -2.49. The van der Waals surface area contributed by atoms with Gasteiger partial charge in [-0.2, -0.15) is 0 Å². The number of carbonyl (C=O) groups excluding carboxylic acids is 2. The lowest BCUT2D eigenvalue weighted by molar-refractivity contribution is -0.137. The van der Waals surface area contributed by atoms with Crippen LogP contribution in [0.1, 0.15) is 79.2 Å². The first-order chi connectivity index (χ1) is 19.3. The monoisotopic (exact) mass is 567 g/mol. The van der Waals surface area contributed by atoms with Crippen LogP contribution in [-0.2, 0) is 9.59 Å². The number of aliphatic carboxylic acids is 1. The molecule has 0 bridgehead atoms. The summed E-state index contributed by atoms with van der Waals surface area (Å²) in [6, 6.07) is 7.95. The van der Waals surface area contributed by atoms with Crippen molar-refractivity contribution >= 4 is 17.8 Å². The molecule has 0 spiro atoms. The minimum atomic E-state index is -1.44. The minimum absolute atomic E-state index is 0.155. The fraction of sp³-hybridized carbons (Fsp3) is 0.355. The predicted octanol–water partition coefficient (Wildman–Crippen LogP) is 5.22. The molecule has 0 saturated carbocycles. The summed E-state index contributed by atoms with van der Waals surface area (Å²) in [6.45, 7) is 8.99. The summed E-state index contributed by atoms with van der Waals surface area (Å²) < 4.78 is 31.4. The third-order valence-electron chi connectivity index (χ3n) is 6.87. The van der Waals surface area contributed by atoms with Crippen molar-refractivity contribution in [2.75, 3.05) is 0 Å². The Hall–Kier alpha value is -4.34. The van der Waals surface area contributed by atoms with Crippen LogP contribution in [0.4, 0.5) is 8.78 Å². The maximum Gasteiger partial charge on any atom is 0.305 e. The van der Waals surface area contributed by atoms with Crippen molar-refractivity contribution in [3.8, 4) is 11.1 Å². The van der Waals surface area contributed by atoms with Crippen molar-refractivity contribution in [3.63, 3.8) is 0 Å². The molecule has 0 aliphatic carbocycles. The SMILES string of the molecule is CCC[C@H](NC(=O)c1cccn(C(C)C)c1=O)C(=O)N[C@@H](CC(=O)O)c1cc(-c2c(C)cccc2C)cc(F)c1F. The van der Waals surface area contributed by atoms with Gasteiger partial charge in [0.05, 0.1) is 12.5 Å². The van der Waals surface area contributed by atoms with E-state index in [2.05, 4.69) is 10.6 Å². The number of pyridine rings is 1. The van der Waals surface area contributed by atoms with Gasteiger partial charge in [0, 0.05) is 17.8 Å². The van der Waals surface area contributed by atoms with Gasteiger partial charge in [-0.05, 0) is 80.6 Å². The third kappa shape index (κ3) is 7.25. The lowest BCUT2D eigenvalue weighted by atomic mass is 9.92. The molecule has 0 aliphatic heterocycles. The predicted molar refractivity (Wildman–Crippen MR) is 152 cm³/mol. The van der Waals surface area contributed by atoms with Gasteiger partial charge in [-0.15, -0.1) is 0 Å². The highest BCUT2D eigenvalue weighted by molar-refractivity contribution is 5.97. The third-order valence-corrected chi connectivity index (χ3v) is 6.87. The van der Waals surface area contributed by atoms with Crippen molar-refractivity contribution in [1.82, 2.24) is 15.2 Å². The zero-order valence-corrected chi connectivity index (χ0v) is 23.8. The van der Waals surface area contributed by atoms with Gasteiger partial charge in [0.15, 0.2) is 11.6 Å². The van der Waals surface area contributed by atoms with Gasteiger partial charge < -0.3 is 20.3 Å². The van der Waals surface area contributed by atoms with Gasteiger partial charge in [0.25, 0.3) is 11.5 Å². The Labute approximate surface area is 237 Å². The lowest BCUT2D eigenvalue weighted by Gasteiger charge is -2.24. The molecule has 0 saturated heterocycles. The Morgan fingerprint density at radius 1 is 1.00 bits per heavy atom. The van der Waals surface area contributed by atoms with E-state index in [1.807, 2.05) is 32.0 Å². The van der Waals surface area contributed by atoms with Crippen molar-refractivity contribution in [2.45, 2.75) is 72.0 Å². The van der Waals surface area contributed by atoms with Gasteiger partial charge in [-0.1, -0.05) is 31.5 Å². The number of amides is 2. The number of nitrogens with one attached hydrogen (secondary N) is 2. The van der Waals surface area contributed by atoms with Crippen LogP contribution in [0, 0.1) is 25.5 Å². The largest absolute Gasteiger partial charge is 0.481 e. The Bertz CT molecular complexity index is 1500. The summed E-state index contributed by atoms with van der Waals surface area (Å²) in [5, 5.41) is 14.6. The van der Waals surface area contributed by atoms with E-state index in [0.29, 0.717) is 17.5 Å². The van der Waals surface area contributed by atoms with Gasteiger partial charge in [-0.25, -0.2) is 8.78 Å². The normalized spacial score (nSPS) is 12.6. The second-order valence-electron chi connectivity index (χ2n) is 10.3. The number of carboxylic acid groups (broad SMARTS) is 1. The number of rotatable bonds is 11. The van der Waals surface area contributed by atoms with E-state index in [1.165, 1.54) is 16.7 Å². The summed E-state index contributed by atoms with van der Waals surface area (Å²) in [6.07, 6.45) is 1.43. The molecule has 2 amide bonds. The van der Waals surface area contributed by atoms with Crippen LogP contribution in [0.2, 0.25) is 0 Å². The molecule has 1 aromatic heterocycles. The summed E-state index contributed by atoms with van der Waals surface area (Å²) in [4.78, 5) is 50.9. The van der Waals surface area contributed by atoms with E-state index in [-0.39, 0.29) is 23.6 Å². The first-order valence-corrected chi connectivity index (χ1v) is 13.4. The van der Waals surface area contributed by atoms with E-state index in [1.54, 1.807) is 33.0 Å². The molecule has 41 heavy (non-hydrogen) atoms. The number of aromatic nitrogens is 1. The van der Waals surface area contributed by atoms with Crippen LogP contribution >= 0.6 is 0 Å². The average molecular weight is 568 g/mol. The molecule has 3 rings (SSSR count). The van der Waals surface area contributed by atoms with Crippen LogP contribution < -0.4 is 16.2 Å². The number of carbonyl (C=O) groups is 3. The number of hydrogen-bond acceptors (Lipinski definition) is 4. The zero-order valence-electron chi connectivity index (χ0n) is 23.8. The van der Waals surface area contributed by atoms with Gasteiger partial charge in [0.1, 0.15) is 11.6 Å². The molecule has 3 aromatic rings. The van der Waals surface area contributed by atoms with E-state index in [0.717, 1.165) is 17.2 Å². The van der Waals surface area contributed by atoms with E-state index in [9.17, 15) is 28.7 Å². The summed E-state index contributed by atoms with van der Waals surface area (Å²) in [7, 11) is 0. The highest BCUT2D eigenvalue weighted by Crippen LogP contribution is 2.33. The number of carboxylic acids is 1. The summed E-state index contributed by atoms with van der Waals surface area (Å²) >= 11 is 0. The molecule has 2 aromatic carbocycles. The molecule has 10 heteroatoms. The van der Waals surface area contributed by atoms with Crippen LogP contribution in [0.25, 0.3) is 11.1 Å². The van der Waals surface area contributed by atoms with E-state index in [4.69, 9.17) is 0 Å². The second-order valence-corrected chi connectivity index (χ2v) is 10.3. The number of halogens is 2. The molecular formula is C31H35F2N3O5. The Balaban J connectivity index is 1.97. The van der Waals surface area contributed by atoms with Crippen molar-refractivity contribution < 1.29 is 28.3 Å². The summed E-state index contributed by atoms with van der Waals surface area (Å²) in [5.41, 5.74) is 1.60. The van der Waals surface area contributed by atoms with Crippen molar-refractivity contribution in [2.24, 2.45) is 0 Å². The topological polar surface area (TPSA) is 118 Å². The van der Waals surface area contributed by atoms with E-state index >= 15 is 4.39 Å². The Morgan fingerprint density at radius 3 is 2.24 bits per heavy atom. The number of hydrogen-bond donors (Lipinski definition) is 3. The van der Waals surface area contributed by atoms with Crippen LogP contribution in [0.5, 0.6) is 0 Å². The van der Waals surface area contributed by atoms with E-state index < -0.39 is 53.5 Å². The number of benzene rings is 2. The van der Waals surface area contributed by atoms with Crippen molar-refractivity contribution in [1.29, 1.82) is 0 Å². The highest BCUT2D eigenvalue weighted by Gasteiger charge is 2.29. The first-order valence-electron chi connectivity index (χ1n) is 13.4. The summed E-state index contributed by atoms with van der Waals surface area (Å²) in [5.74, 6) is -5.37. The smallest absolute Gasteiger partial charge is 0.305 e. The maximum absolute atomic E-state index is 15.2. The van der Waals surface area contributed by atoms with Gasteiger partial charge >= 0.3 is 5.97 Å². The van der Waals surface area contributed by atoms with Gasteiger partial charge in [-0.3, -0.25) is 19.2 Å².